The molecule has 1 fully saturated rings. The molecule has 1 aliphatic heterocycles. The Hall–Kier alpha value is -2.19. The molecule has 1 aliphatic rings. The number of sulfone groups is 1. The lowest BCUT2D eigenvalue weighted by Crippen LogP contribution is -2.37. The normalized spacial score (nSPS) is 15.2. The molecule has 25 heavy (non-hydrogen) atoms. The van der Waals surface area contributed by atoms with Gasteiger partial charge in [-0.25, -0.2) is 18.4 Å². The van der Waals surface area contributed by atoms with E-state index in [0.717, 1.165) is 30.0 Å². The number of hydrogen-bond acceptors (Lipinski definition) is 7. The monoisotopic (exact) mass is 363 g/mol. The molecule has 8 heteroatoms. The molecule has 0 atom stereocenters. The van der Waals surface area contributed by atoms with Gasteiger partial charge < -0.3 is 14.4 Å². The summed E-state index contributed by atoms with van der Waals surface area (Å²) in [7, 11) is -1.54. The van der Waals surface area contributed by atoms with E-state index in [9.17, 15) is 8.42 Å². The summed E-state index contributed by atoms with van der Waals surface area (Å²) in [6.07, 6.45) is 4.50. The van der Waals surface area contributed by atoms with Crippen LogP contribution in [0, 0.1) is 0 Å². The first kappa shape index (κ1) is 17.6. The van der Waals surface area contributed by atoms with E-state index < -0.39 is 9.84 Å². The van der Waals surface area contributed by atoms with E-state index in [1.807, 2.05) is 6.07 Å². The number of nitrogens with zero attached hydrogens (tertiary/aromatic N) is 3. The molecule has 0 unspecified atom stereocenters. The van der Waals surface area contributed by atoms with Gasteiger partial charge in [0.2, 0.25) is 0 Å². The van der Waals surface area contributed by atoms with E-state index in [1.54, 1.807) is 25.4 Å². The largest absolute Gasteiger partial charge is 0.496 e. The molecule has 2 aromatic rings. The van der Waals surface area contributed by atoms with Crippen LogP contribution in [-0.4, -0.2) is 58.1 Å². The van der Waals surface area contributed by atoms with Gasteiger partial charge in [0.05, 0.1) is 26.1 Å². The first-order valence-corrected chi connectivity index (χ1v) is 10.0. The zero-order chi connectivity index (χ0) is 17.9. The number of ether oxygens (including phenoxy) is 2. The minimum atomic E-state index is -3.11. The highest BCUT2D eigenvalue weighted by Gasteiger charge is 2.20. The van der Waals surface area contributed by atoms with Crippen LogP contribution >= 0.6 is 0 Å². The molecule has 0 N–H and O–H groups in total. The molecule has 0 radical (unpaired) electrons. The number of anilines is 1. The van der Waals surface area contributed by atoms with E-state index in [-0.39, 0.29) is 5.75 Å². The molecular weight excluding hydrogens is 342 g/mol. The van der Waals surface area contributed by atoms with Crippen molar-refractivity contribution < 1.29 is 17.9 Å². The number of rotatable bonds is 5. The van der Waals surface area contributed by atoms with Crippen LogP contribution < -0.4 is 9.64 Å². The molecule has 0 aliphatic carbocycles. The predicted molar refractivity (Wildman–Crippen MR) is 95.6 cm³/mol. The molecule has 1 saturated heterocycles. The SMILES string of the molecule is COc1cc(CS(C)(=O)=O)ccc1-c1cncnc1N1CCOCC1. The fourth-order valence-electron chi connectivity index (χ4n) is 2.89. The lowest BCUT2D eigenvalue weighted by atomic mass is 10.0. The van der Waals surface area contributed by atoms with E-state index in [1.165, 1.54) is 12.6 Å². The highest BCUT2D eigenvalue weighted by molar-refractivity contribution is 7.89. The lowest BCUT2D eigenvalue weighted by molar-refractivity contribution is 0.122. The second-order valence-electron chi connectivity index (χ2n) is 5.96. The van der Waals surface area contributed by atoms with Crippen molar-refractivity contribution >= 4 is 15.7 Å². The van der Waals surface area contributed by atoms with Gasteiger partial charge in [-0.05, 0) is 11.6 Å². The van der Waals surface area contributed by atoms with Crippen molar-refractivity contribution in [1.82, 2.24) is 9.97 Å². The Balaban J connectivity index is 2.01. The van der Waals surface area contributed by atoms with Crippen molar-refractivity contribution in [2.75, 3.05) is 44.6 Å². The van der Waals surface area contributed by atoms with Crippen molar-refractivity contribution in [3.8, 4) is 16.9 Å². The second-order valence-corrected chi connectivity index (χ2v) is 8.10. The summed E-state index contributed by atoms with van der Waals surface area (Å²) < 4.78 is 34.0. The highest BCUT2D eigenvalue weighted by atomic mass is 32.2. The Morgan fingerprint density at radius 3 is 2.68 bits per heavy atom. The van der Waals surface area contributed by atoms with Crippen LogP contribution in [0.1, 0.15) is 5.56 Å². The van der Waals surface area contributed by atoms with Crippen LogP contribution in [0.4, 0.5) is 5.82 Å². The molecule has 0 saturated carbocycles. The molecule has 1 aromatic carbocycles. The van der Waals surface area contributed by atoms with Gasteiger partial charge in [-0.1, -0.05) is 12.1 Å². The van der Waals surface area contributed by atoms with Gasteiger partial charge in [-0.15, -0.1) is 0 Å². The fraction of sp³-hybridized carbons (Fsp3) is 0.412. The third kappa shape index (κ3) is 4.26. The molecule has 0 amide bonds. The van der Waals surface area contributed by atoms with Crippen molar-refractivity contribution in [2.45, 2.75) is 5.75 Å². The summed E-state index contributed by atoms with van der Waals surface area (Å²) in [4.78, 5) is 10.8. The van der Waals surface area contributed by atoms with Crippen LogP contribution in [-0.2, 0) is 20.3 Å². The summed E-state index contributed by atoms with van der Waals surface area (Å²) >= 11 is 0. The molecule has 3 rings (SSSR count). The zero-order valence-electron chi connectivity index (χ0n) is 14.3. The average Bonchev–Trinajstić information content (AvgIpc) is 2.61. The van der Waals surface area contributed by atoms with Crippen LogP contribution in [0.2, 0.25) is 0 Å². The number of morpholine rings is 1. The smallest absolute Gasteiger partial charge is 0.151 e. The summed E-state index contributed by atoms with van der Waals surface area (Å²) in [5, 5.41) is 0. The molecule has 7 nitrogen and oxygen atoms in total. The van der Waals surface area contributed by atoms with Crippen molar-refractivity contribution in [2.24, 2.45) is 0 Å². The number of aromatic nitrogens is 2. The molecule has 2 heterocycles. The Kier molecular flexibility index (Phi) is 5.19. The molecular formula is C17H21N3O4S. The number of methoxy groups -OCH3 is 1. The number of hydrogen-bond donors (Lipinski definition) is 0. The molecule has 0 bridgehead atoms. The summed E-state index contributed by atoms with van der Waals surface area (Å²) in [6.45, 7) is 2.85. The maximum atomic E-state index is 11.5. The van der Waals surface area contributed by atoms with E-state index in [2.05, 4.69) is 14.9 Å². The average molecular weight is 363 g/mol. The Morgan fingerprint density at radius 1 is 1.24 bits per heavy atom. The topological polar surface area (TPSA) is 81.6 Å². The summed E-state index contributed by atoms with van der Waals surface area (Å²) in [5.41, 5.74) is 2.38. The van der Waals surface area contributed by atoms with Gasteiger partial charge in [0, 0.05) is 36.7 Å². The lowest BCUT2D eigenvalue weighted by Gasteiger charge is -2.29. The molecule has 134 valence electrons. The fourth-order valence-corrected chi connectivity index (χ4v) is 3.68. The predicted octanol–water partition coefficient (Wildman–Crippen LogP) is 1.53. The molecule has 0 spiro atoms. The first-order chi connectivity index (χ1) is 12.0. The Bertz CT molecular complexity index is 849. The van der Waals surface area contributed by atoms with Crippen molar-refractivity contribution in [1.29, 1.82) is 0 Å². The highest BCUT2D eigenvalue weighted by Crippen LogP contribution is 2.36. The summed E-state index contributed by atoms with van der Waals surface area (Å²) in [5.74, 6) is 1.41. The Morgan fingerprint density at radius 2 is 2.00 bits per heavy atom. The van der Waals surface area contributed by atoms with Gasteiger partial charge in [0.15, 0.2) is 9.84 Å². The third-order valence-corrected chi connectivity index (χ3v) is 4.84. The van der Waals surface area contributed by atoms with Gasteiger partial charge in [0.1, 0.15) is 17.9 Å². The van der Waals surface area contributed by atoms with Crippen LogP contribution in [0.25, 0.3) is 11.1 Å². The van der Waals surface area contributed by atoms with Crippen LogP contribution in [0.15, 0.2) is 30.7 Å². The van der Waals surface area contributed by atoms with Gasteiger partial charge in [0.25, 0.3) is 0 Å². The van der Waals surface area contributed by atoms with Crippen LogP contribution in [0.5, 0.6) is 5.75 Å². The third-order valence-electron chi connectivity index (χ3n) is 3.99. The number of benzene rings is 1. The Labute approximate surface area is 147 Å². The maximum absolute atomic E-state index is 11.5. The van der Waals surface area contributed by atoms with E-state index in [0.29, 0.717) is 24.5 Å². The van der Waals surface area contributed by atoms with Crippen molar-refractivity contribution in [3.05, 3.63) is 36.3 Å². The zero-order valence-corrected chi connectivity index (χ0v) is 15.1. The first-order valence-electron chi connectivity index (χ1n) is 7.95. The van der Waals surface area contributed by atoms with E-state index >= 15 is 0 Å². The van der Waals surface area contributed by atoms with Crippen LogP contribution in [0.3, 0.4) is 0 Å². The molecule has 1 aromatic heterocycles. The van der Waals surface area contributed by atoms with Gasteiger partial charge >= 0.3 is 0 Å². The van der Waals surface area contributed by atoms with E-state index in [4.69, 9.17) is 9.47 Å². The summed E-state index contributed by atoms with van der Waals surface area (Å²) in [6, 6.07) is 5.42. The van der Waals surface area contributed by atoms with Gasteiger partial charge in [-0.3, -0.25) is 0 Å². The van der Waals surface area contributed by atoms with Crippen molar-refractivity contribution in [3.63, 3.8) is 0 Å². The minimum absolute atomic E-state index is 0.0226. The minimum Gasteiger partial charge on any atom is -0.496 e. The quantitative estimate of drug-likeness (QED) is 0.797. The second kappa shape index (κ2) is 7.37. The maximum Gasteiger partial charge on any atom is 0.151 e. The standard InChI is InChI=1S/C17H21N3O4S/c1-23-16-9-13(11-25(2,21)22)3-4-14(16)15-10-18-12-19-17(15)20-5-7-24-8-6-20/h3-4,9-10,12H,5-8,11H2,1-2H3. The van der Waals surface area contributed by atoms with Gasteiger partial charge in [-0.2, -0.15) is 0 Å².